The van der Waals surface area contributed by atoms with Gasteiger partial charge >= 0.3 is 0 Å². The number of benzene rings is 2. The van der Waals surface area contributed by atoms with Crippen LogP contribution in [-0.2, 0) is 11.2 Å². The second-order valence-electron chi connectivity index (χ2n) is 4.76. The van der Waals surface area contributed by atoms with E-state index in [-0.39, 0.29) is 11.7 Å². The van der Waals surface area contributed by atoms with Gasteiger partial charge in [0.05, 0.1) is 11.6 Å². The van der Waals surface area contributed by atoms with Crippen LogP contribution >= 0.6 is 0 Å². The smallest absolute Gasteiger partial charge is 0.146 e. The first-order valence-electron chi connectivity index (χ1n) is 6.54. The molecule has 0 N–H and O–H groups in total. The summed E-state index contributed by atoms with van der Waals surface area (Å²) in [4.78, 5) is 16.5. The maximum absolute atomic E-state index is 12.1. The SMILES string of the molecule is O=C1CCc2ccccc2[C@H]1C=Nc1ccccc1. The first kappa shape index (κ1) is 11.8. The Hall–Kier alpha value is -2.22. The van der Waals surface area contributed by atoms with Crippen LogP contribution in [-0.4, -0.2) is 12.0 Å². The van der Waals surface area contributed by atoms with Crippen molar-refractivity contribution in [3.05, 3.63) is 65.7 Å². The monoisotopic (exact) mass is 249 g/mol. The average molecular weight is 249 g/mol. The lowest BCUT2D eigenvalue weighted by molar-refractivity contribution is -0.119. The van der Waals surface area contributed by atoms with Crippen molar-refractivity contribution in [3.8, 4) is 0 Å². The van der Waals surface area contributed by atoms with E-state index in [0.29, 0.717) is 6.42 Å². The minimum atomic E-state index is -0.190. The summed E-state index contributed by atoms with van der Waals surface area (Å²) in [7, 11) is 0. The maximum Gasteiger partial charge on any atom is 0.146 e. The van der Waals surface area contributed by atoms with Crippen LogP contribution in [0.3, 0.4) is 0 Å². The van der Waals surface area contributed by atoms with Gasteiger partial charge in [0.25, 0.3) is 0 Å². The zero-order valence-corrected chi connectivity index (χ0v) is 10.6. The minimum absolute atomic E-state index is 0.190. The number of hydrogen-bond donors (Lipinski definition) is 0. The van der Waals surface area contributed by atoms with Gasteiger partial charge in [0.2, 0.25) is 0 Å². The molecule has 2 aromatic carbocycles. The van der Waals surface area contributed by atoms with Crippen LogP contribution in [0, 0.1) is 0 Å². The van der Waals surface area contributed by atoms with Crippen LogP contribution in [0.5, 0.6) is 0 Å². The average Bonchev–Trinajstić information content (AvgIpc) is 2.47. The number of Topliss-reactive ketones (excluding diaryl/α,β-unsaturated/α-hetero) is 1. The van der Waals surface area contributed by atoms with Gasteiger partial charge in [-0.2, -0.15) is 0 Å². The van der Waals surface area contributed by atoms with E-state index < -0.39 is 0 Å². The second kappa shape index (κ2) is 5.19. The zero-order valence-electron chi connectivity index (χ0n) is 10.6. The zero-order chi connectivity index (χ0) is 13.1. The summed E-state index contributed by atoms with van der Waals surface area (Å²) in [6.07, 6.45) is 3.25. The summed E-state index contributed by atoms with van der Waals surface area (Å²) < 4.78 is 0. The molecular weight excluding hydrogens is 234 g/mol. The number of nitrogens with zero attached hydrogens (tertiary/aromatic N) is 1. The van der Waals surface area contributed by atoms with Crippen molar-refractivity contribution in [1.82, 2.24) is 0 Å². The minimum Gasteiger partial charge on any atom is -0.299 e. The molecule has 0 heterocycles. The Bertz CT molecular complexity index is 616. The van der Waals surface area contributed by atoms with Crippen molar-refractivity contribution < 1.29 is 4.79 Å². The summed E-state index contributed by atoms with van der Waals surface area (Å²) in [5, 5.41) is 0. The van der Waals surface area contributed by atoms with E-state index in [9.17, 15) is 4.79 Å². The van der Waals surface area contributed by atoms with E-state index in [1.165, 1.54) is 5.56 Å². The molecule has 0 saturated carbocycles. The van der Waals surface area contributed by atoms with Crippen molar-refractivity contribution in [1.29, 1.82) is 0 Å². The fourth-order valence-corrected chi connectivity index (χ4v) is 2.49. The molecule has 0 spiro atoms. The molecule has 0 radical (unpaired) electrons. The van der Waals surface area contributed by atoms with E-state index in [1.807, 2.05) is 48.5 Å². The van der Waals surface area contributed by atoms with Gasteiger partial charge in [0, 0.05) is 12.6 Å². The van der Waals surface area contributed by atoms with E-state index in [4.69, 9.17) is 0 Å². The Kier molecular flexibility index (Phi) is 3.23. The highest BCUT2D eigenvalue weighted by Gasteiger charge is 2.25. The van der Waals surface area contributed by atoms with E-state index in [0.717, 1.165) is 17.7 Å². The lowest BCUT2D eigenvalue weighted by atomic mass is 9.82. The number of ketones is 1. The molecule has 94 valence electrons. The van der Waals surface area contributed by atoms with Gasteiger partial charge < -0.3 is 0 Å². The quantitative estimate of drug-likeness (QED) is 0.746. The lowest BCUT2D eigenvalue weighted by Crippen LogP contribution is -2.21. The van der Waals surface area contributed by atoms with Gasteiger partial charge in [0.1, 0.15) is 5.78 Å². The van der Waals surface area contributed by atoms with Crippen LogP contribution in [0.1, 0.15) is 23.5 Å². The number of aliphatic imine (C=N–C) groups is 1. The van der Waals surface area contributed by atoms with Crippen molar-refractivity contribution in [2.75, 3.05) is 0 Å². The molecule has 0 aromatic heterocycles. The number of hydrogen-bond acceptors (Lipinski definition) is 2. The molecular formula is C17H15NO. The normalized spacial score (nSPS) is 18.5. The van der Waals surface area contributed by atoms with E-state index in [2.05, 4.69) is 11.1 Å². The summed E-state index contributed by atoms with van der Waals surface area (Å²) >= 11 is 0. The van der Waals surface area contributed by atoms with Gasteiger partial charge in [-0.25, -0.2) is 0 Å². The molecule has 0 amide bonds. The number of carbonyl (C=O) groups excluding carboxylic acids is 1. The number of rotatable bonds is 2. The molecule has 1 atom stereocenters. The summed E-state index contributed by atoms with van der Waals surface area (Å²) in [6.45, 7) is 0. The van der Waals surface area contributed by atoms with Crippen LogP contribution in [0.15, 0.2) is 59.6 Å². The predicted octanol–water partition coefficient (Wildman–Crippen LogP) is 3.69. The molecule has 2 aromatic rings. The van der Waals surface area contributed by atoms with E-state index >= 15 is 0 Å². The van der Waals surface area contributed by atoms with Gasteiger partial charge in [-0.15, -0.1) is 0 Å². The second-order valence-corrected chi connectivity index (χ2v) is 4.76. The van der Waals surface area contributed by atoms with Crippen LogP contribution in [0.25, 0.3) is 0 Å². The molecule has 1 aliphatic carbocycles. The molecule has 0 unspecified atom stereocenters. The summed E-state index contributed by atoms with van der Waals surface area (Å²) in [5.74, 6) is 0.0727. The summed E-state index contributed by atoms with van der Waals surface area (Å²) in [5.41, 5.74) is 3.27. The maximum atomic E-state index is 12.1. The van der Waals surface area contributed by atoms with Crippen molar-refractivity contribution in [3.63, 3.8) is 0 Å². The largest absolute Gasteiger partial charge is 0.299 e. The molecule has 3 rings (SSSR count). The van der Waals surface area contributed by atoms with Gasteiger partial charge in [-0.05, 0) is 29.7 Å². The molecule has 0 aliphatic heterocycles. The van der Waals surface area contributed by atoms with Gasteiger partial charge in [-0.3, -0.25) is 9.79 Å². The third-order valence-corrected chi connectivity index (χ3v) is 3.51. The highest BCUT2D eigenvalue weighted by atomic mass is 16.1. The lowest BCUT2D eigenvalue weighted by Gasteiger charge is -2.21. The van der Waals surface area contributed by atoms with Gasteiger partial charge in [0.15, 0.2) is 0 Å². The topological polar surface area (TPSA) is 29.4 Å². The molecule has 0 bridgehead atoms. The van der Waals surface area contributed by atoms with Crippen molar-refractivity contribution in [2.45, 2.75) is 18.8 Å². The number of para-hydroxylation sites is 1. The van der Waals surface area contributed by atoms with Gasteiger partial charge in [-0.1, -0.05) is 42.5 Å². The Labute approximate surface area is 112 Å². The number of carbonyl (C=O) groups is 1. The molecule has 1 aliphatic rings. The first-order valence-corrected chi connectivity index (χ1v) is 6.54. The number of fused-ring (bicyclic) bond motifs is 1. The predicted molar refractivity (Wildman–Crippen MR) is 77.1 cm³/mol. The fourth-order valence-electron chi connectivity index (χ4n) is 2.49. The fraction of sp³-hybridized carbons (Fsp3) is 0.176. The summed E-state index contributed by atoms with van der Waals surface area (Å²) in [6, 6.07) is 17.9. The Balaban J connectivity index is 1.92. The Morgan fingerprint density at radius 3 is 2.53 bits per heavy atom. The van der Waals surface area contributed by atoms with Crippen LogP contribution < -0.4 is 0 Å². The number of aryl methyl sites for hydroxylation is 1. The third kappa shape index (κ3) is 2.48. The van der Waals surface area contributed by atoms with Crippen LogP contribution in [0.2, 0.25) is 0 Å². The van der Waals surface area contributed by atoms with E-state index in [1.54, 1.807) is 6.21 Å². The third-order valence-electron chi connectivity index (χ3n) is 3.51. The first-order chi connectivity index (χ1) is 9.34. The Morgan fingerprint density at radius 2 is 1.68 bits per heavy atom. The van der Waals surface area contributed by atoms with Crippen molar-refractivity contribution >= 4 is 17.7 Å². The highest BCUT2D eigenvalue weighted by molar-refractivity contribution is 6.02. The Morgan fingerprint density at radius 1 is 0.947 bits per heavy atom. The molecule has 2 nitrogen and oxygen atoms in total. The molecule has 2 heteroatoms. The molecule has 19 heavy (non-hydrogen) atoms. The van der Waals surface area contributed by atoms with Crippen LogP contribution in [0.4, 0.5) is 5.69 Å². The standard InChI is InChI=1S/C17H15NO/c19-17-11-10-13-6-4-5-9-15(13)16(17)12-18-14-7-2-1-3-8-14/h1-9,12,16H,10-11H2/t16-/m1/s1. The van der Waals surface area contributed by atoms with Crippen molar-refractivity contribution in [2.24, 2.45) is 4.99 Å². The highest BCUT2D eigenvalue weighted by Crippen LogP contribution is 2.28. The molecule has 0 saturated heterocycles. The molecule has 0 fully saturated rings.